The second-order valence-electron chi connectivity index (χ2n) is 2.26. The monoisotopic (exact) mass is 322 g/mol. The molecular formula is C12H18Cl2Zr. The molecule has 2 aliphatic rings. The summed E-state index contributed by atoms with van der Waals surface area (Å²) in [6.07, 6.45) is 19.0. The Morgan fingerprint density at radius 2 is 0.867 bits per heavy atom. The van der Waals surface area contributed by atoms with Crippen LogP contribution < -0.4 is 0 Å². The fourth-order valence-corrected chi connectivity index (χ4v) is 0.786. The van der Waals surface area contributed by atoms with Gasteiger partial charge in [0.1, 0.15) is 0 Å². The fourth-order valence-electron chi connectivity index (χ4n) is 0.786. The first-order chi connectivity index (χ1) is 6.41. The average molecular weight is 324 g/mol. The van der Waals surface area contributed by atoms with Crippen LogP contribution in [0.15, 0.2) is 48.6 Å². The minimum absolute atomic E-state index is 0. The van der Waals surface area contributed by atoms with Crippen molar-refractivity contribution < 1.29 is 20.8 Å². The Labute approximate surface area is 113 Å². The van der Waals surface area contributed by atoms with Gasteiger partial charge in [-0.15, -0.1) is 0 Å². The summed E-state index contributed by atoms with van der Waals surface area (Å²) in [5.74, 6) is 0. The molecule has 0 amide bonds. The van der Waals surface area contributed by atoms with Gasteiger partial charge < -0.3 is 14.9 Å². The van der Waals surface area contributed by atoms with Crippen molar-refractivity contribution >= 4 is 17.0 Å². The first-order valence-electron chi connectivity index (χ1n) is 4.01. The Morgan fingerprint density at radius 3 is 0.933 bits per heavy atom. The number of hydrogen-bond acceptors (Lipinski definition) is 0. The summed E-state index contributed by atoms with van der Waals surface area (Å²) in [6.45, 7) is 0. The van der Waals surface area contributed by atoms with Gasteiger partial charge in [-0.1, -0.05) is 48.6 Å². The molecule has 84 valence electrons. The predicted molar refractivity (Wildman–Crippen MR) is 70.3 cm³/mol. The summed E-state index contributed by atoms with van der Waals surface area (Å²) < 4.78 is 0. The molecule has 2 aliphatic carbocycles. The fraction of sp³-hybridized carbons (Fsp3) is 0.167. The van der Waals surface area contributed by atoms with Crippen LogP contribution in [0.1, 0.15) is 12.8 Å². The summed E-state index contributed by atoms with van der Waals surface area (Å²) in [5, 5.41) is 0. The van der Waals surface area contributed by atoms with E-state index in [1.54, 1.807) is 0 Å². The van der Waals surface area contributed by atoms with Gasteiger partial charge in [0.2, 0.25) is 0 Å². The van der Waals surface area contributed by atoms with E-state index in [1.807, 2.05) is 0 Å². The summed E-state index contributed by atoms with van der Waals surface area (Å²) in [7, 11) is 9.87. The number of halogens is 2. The molecule has 0 nitrogen and oxygen atoms in total. The second kappa shape index (κ2) is 19.9. The van der Waals surface area contributed by atoms with Crippen molar-refractivity contribution in [3.63, 3.8) is 0 Å². The van der Waals surface area contributed by atoms with Gasteiger partial charge in [0.25, 0.3) is 0 Å². The SMILES string of the molecule is C1=CCC=C1.C1=CCC=C1.[CH3-].[CH3-].[Cl][Zr+2][Cl]. The average Bonchev–Trinajstić information content (AvgIpc) is 2.85. The zero-order valence-electron chi connectivity index (χ0n) is 9.29. The molecule has 0 saturated heterocycles. The number of rotatable bonds is 0. The molecule has 0 aromatic rings. The molecule has 15 heavy (non-hydrogen) atoms. The number of allylic oxidation sites excluding steroid dienone is 8. The summed E-state index contributed by atoms with van der Waals surface area (Å²) in [6, 6.07) is 0. The molecule has 0 N–H and O–H groups in total. The summed E-state index contributed by atoms with van der Waals surface area (Å²) >= 11 is -0.826. The molecule has 2 rings (SSSR count). The predicted octanol–water partition coefficient (Wildman–Crippen LogP) is 5.28. The van der Waals surface area contributed by atoms with E-state index in [0.29, 0.717) is 0 Å². The molecule has 0 atom stereocenters. The first-order valence-corrected chi connectivity index (χ1v) is 10.3. The van der Waals surface area contributed by atoms with E-state index in [-0.39, 0.29) is 14.9 Å². The quantitative estimate of drug-likeness (QED) is 0.532. The van der Waals surface area contributed by atoms with E-state index in [0.717, 1.165) is 12.8 Å². The van der Waals surface area contributed by atoms with Crippen LogP contribution in [0, 0.1) is 14.9 Å². The van der Waals surface area contributed by atoms with E-state index in [9.17, 15) is 0 Å². The van der Waals surface area contributed by atoms with Crippen molar-refractivity contribution in [1.82, 2.24) is 0 Å². The zero-order chi connectivity index (χ0) is 9.78. The summed E-state index contributed by atoms with van der Waals surface area (Å²) in [5.41, 5.74) is 0. The standard InChI is InChI=1S/2C5H6.2CH3.2ClH.Zr/c2*1-2-4-5-3-1;;;;;/h2*1-4H,5H2;2*1H3;2*1H;/q;;2*-1;;;+4/p-2. The maximum absolute atomic E-state index is 4.93. The van der Waals surface area contributed by atoms with Crippen molar-refractivity contribution in [2.75, 3.05) is 0 Å². The molecule has 3 heteroatoms. The van der Waals surface area contributed by atoms with Crippen molar-refractivity contribution in [3.05, 3.63) is 63.5 Å². The number of hydrogen-bond donors (Lipinski definition) is 0. The molecule has 0 unspecified atom stereocenters. The molecule has 0 bridgehead atoms. The van der Waals surface area contributed by atoms with E-state index in [4.69, 9.17) is 17.0 Å². The molecule has 0 aromatic carbocycles. The molecular weight excluding hydrogens is 306 g/mol. The third kappa shape index (κ3) is 20.5. The zero-order valence-corrected chi connectivity index (χ0v) is 13.3. The van der Waals surface area contributed by atoms with Crippen LogP contribution in [0.5, 0.6) is 0 Å². The molecule has 0 aromatic heterocycles. The van der Waals surface area contributed by atoms with Gasteiger partial charge in [0.05, 0.1) is 0 Å². The van der Waals surface area contributed by atoms with Crippen molar-refractivity contribution in [2.45, 2.75) is 12.8 Å². The molecule has 0 heterocycles. The van der Waals surface area contributed by atoms with Crippen molar-refractivity contribution in [1.29, 1.82) is 0 Å². The van der Waals surface area contributed by atoms with Gasteiger partial charge in [-0.2, -0.15) is 0 Å². The Morgan fingerprint density at radius 1 is 0.667 bits per heavy atom. The molecule has 0 aliphatic heterocycles. The first kappa shape index (κ1) is 20.8. The van der Waals surface area contributed by atoms with Crippen LogP contribution in [-0.4, -0.2) is 0 Å². The third-order valence-corrected chi connectivity index (χ3v) is 1.31. The van der Waals surface area contributed by atoms with E-state index < -0.39 is 20.8 Å². The van der Waals surface area contributed by atoms with Gasteiger partial charge in [-0.3, -0.25) is 0 Å². The van der Waals surface area contributed by atoms with Gasteiger partial charge in [-0.25, -0.2) is 0 Å². The van der Waals surface area contributed by atoms with E-state index >= 15 is 0 Å². The van der Waals surface area contributed by atoms with Gasteiger partial charge >= 0.3 is 37.9 Å². The van der Waals surface area contributed by atoms with Crippen molar-refractivity contribution in [3.8, 4) is 0 Å². The van der Waals surface area contributed by atoms with Crippen LogP contribution in [0.25, 0.3) is 0 Å². The Kier molecular flexibility index (Phi) is 27.6. The van der Waals surface area contributed by atoms with Crippen LogP contribution in [0.4, 0.5) is 0 Å². The van der Waals surface area contributed by atoms with E-state index in [2.05, 4.69) is 48.6 Å². The van der Waals surface area contributed by atoms with Crippen LogP contribution in [0.3, 0.4) is 0 Å². The van der Waals surface area contributed by atoms with E-state index in [1.165, 1.54) is 0 Å². The van der Waals surface area contributed by atoms with Crippen LogP contribution in [-0.2, 0) is 20.8 Å². The molecule has 0 fully saturated rings. The van der Waals surface area contributed by atoms with Crippen LogP contribution >= 0.6 is 17.0 Å². The normalized spacial score (nSPS) is 12.4. The van der Waals surface area contributed by atoms with Gasteiger partial charge in [0, 0.05) is 0 Å². The molecule has 0 spiro atoms. The molecule has 0 saturated carbocycles. The Hall–Kier alpha value is 0.423. The maximum atomic E-state index is 4.93. The van der Waals surface area contributed by atoms with Crippen molar-refractivity contribution in [2.24, 2.45) is 0 Å². The second-order valence-corrected chi connectivity index (χ2v) is 5.99. The van der Waals surface area contributed by atoms with Gasteiger partial charge in [0.15, 0.2) is 0 Å². The van der Waals surface area contributed by atoms with Crippen LogP contribution in [0.2, 0.25) is 0 Å². The summed E-state index contributed by atoms with van der Waals surface area (Å²) in [4.78, 5) is 0. The van der Waals surface area contributed by atoms with Gasteiger partial charge in [-0.05, 0) is 12.8 Å². The third-order valence-electron chi connectivity index (χ3n) is 1.31. The Balaban J connectivity index is -0.000000140. The molecule has 0 radical (unpaired) electrons. The minimum atomic E-state index is -0.826. The Bertz CT molecular complexity index is 164. The topological polar surface area (TPSA) is 0 Å².